The number of nitrogens with one attached hydrogen (secondary N) is 1. The maximum atomic E-state index is 5.98. The average Bonchev–Trinajstić information content (AvgIpc) is 2.49. The molecule has 0 aliphatic carbocycles. The van der Waals surface area contributed by atoms with Crippen LogP contribution in [-0.2, 0) is 0 Å². The summed E-state index contributed by atoms with van der Waals surface area (Å²) in [5.41, 5.74) is 10.5. The van der Waals surface area contributed by atoms with Gasteiger partial charge in [-0.15, -0.1) is 0 Å². The maximum Gasteiger partial charge on any atom is 0.142 e. The largest absolute Gasteiger partial charge is 0.495 e. The first-order valence-corrected chi connectivity index (χ1v) is 6.74. The van der Waals surface area contributed by atoms with Crippen LogP contribution in [0.2, 0.25) is 0 Å². The number of nitrogen functional groups attached to an aromatic ring is 1. The topological polar surface area (TPSA) is 60.2 Å². The first-order chi connectivity index (χ1) is 10.2. The molecule has 0 bridgehead atoms. The smallest absolute Gasteiger partial charge is 0.142 e. The van der Waals surface area contributed by atoms with Crippen molar-refractivity contribution in [2.75, 3.05) is 18.2 Å². The Kier molecular flexibility index (Phi) is 3.36. The summed E-state index contributed by atoms with van der Waals surface area (Å²) >= 11 is 0. The normalized spacial score (nSPS) is 10.6. The molecule has 1 aromatic heterocycles. The van der Waals surface area contributed by atoms with Crippen LogP contribution >= 0.6 is 0 Å². The predicted molar refractivity (Wildman–Crippen MR) is 87.2 cm³/mol. The van der Waals surface area contributed by atoms with E-state index < -0.39 is 0 Å². The molecule has 0 saturated heterocycles. The van der Waals surface area contributed by atoms with E-state index >= 15 is 0 Å². The van der Waals surface area contributed by atoms with Gasteiger partial charge in [-0.2, -0.15) is 0 Å². The van der Waals surface area contributed by atoms with Crippen LogP contribution in [0.5, 0.6) is 5.75 Å². The van der Waals surface area contributed by atoms with Crippen molar-refractivity contribution >= 4 is 28.0 Å². The SMILES string of the molecule is COc1ccc(C)cc1Nc1ccnc2c(N)cccc12. The number of aryl methyl sites for hydroxylation is 1. The van der Waals surface area contributed by atoms with E-state index in [1.54, 1.807) is 13.3 Å². The van der Waals surface area contributed by atoms with Gasteiger partial charge in [-0.05, 0) is 36.8 Å². The van der Waals surface area contributed by atoms with E-state index in [1.807, 2.05) is 43.3 Å². The van der Waals surface area contributed by atoms with Gasteiger partial charge in [0, 0.05) is 17.3 Å². The Bertz CT molecular complexity index is 799. The van der Waals surface area contributed by atoms with Crippen molar-refractivity contribution in [1.82, 2.24) is 4.98 Å². The number of aromatic nitrogens is 1. The number of hydrogen-bond acceptors (Lipinski definition) is 4. The van der Waals surface area contributed by atoms with Crippen LogP contribution in [-0.4, -0.2) is 12.1 Å². The van der Waals surface area contributed by atoms with Crippen molar-refractivity contribution in [3.8, 4) is 5.75 Å². The predicted octanol–water partition coefficient (Wildman–Crippen LogP) is 3.88. The Hall–Kier alpha value is -2.75. The zero-order valence-electron chi connectivity index (χ0n) is 12.1. The molecule has 3 N–H and O–H groups in total. The van der Waals surface area contributed by atoms with E-state index in [4.69, 9.17) is 10.5 Å². The van der Waals surface area contributed by atoms with Crippen LogP contribution in [0, 0.1) is 6.92 Å². The number of nitrogens with zero attached hydrogens (tertiary/aromatic N) is 1. The maximum absolute atomic E-state index is 5.98. The fraction of sp³-hybridized carbons (Fsp3) is 0.118. The average molecular weight is 279 g/mol. The summed E-state index contributed by atoms with van der Waals surface area (Å²) in [4.78, 5) is 4.35. The van der Waals surface area contributed by atoms with E-state index in [1.165, 1.54) is 0 Å². The van der Waals surface area contributed by atoms with Gasteiger partial charge in [-0.1, -0.05) is 18.2 Å². The number of ether oxygens (including phenoxy) is 1. The van der Waals surface area contributed by atoms with Crippen LogP contribution in [0.3, 0.4) is 0 Å². The highest BCUT2D eigenvalue weighted by atomic mass is 16.5. The lowest BCUT2D eigenvalue weighted by Crippen LogP contribution is -1.97. The molecule has 4 nitrogen and oxygen atoms in total. The number of nitrogens with two attached hydrogens (primary N) is 1. The monoisotopic (exact) mass is 279 g/mol. The number of hydrogen-bond donors (Lipinski definition) is 2. The third-order valence-electron chi connectivity index (χ3n) is 3.43. The number of fused-ring (bicyclic) bond motifs is 1. The van der Waals surface area contributed by atoms with Crippen molar-refractivity contribution in [2.45, 2.75) is 6.92 Å². The number of rotatable bonds is 3. The number of anilines is 3. The summed E-state index contributed by atoms with van der Waals surface area (Å²) in [6, 6.07) is 13.7. The number of para-hydroxylation sites is 1. The van der Waals surface area contributed by atoms with Crippen molar-refractivity contribution in [1.29, 1.82) is 0 Å². The number of methoxy groups -OCH3 is 1. The highest BCUT2D eigenvalue weighted by molar-refractivity contribution is 5.99. The second-order valence-electron chi connectivity index (χ2n) is 4.93. The van der Waals surface area contributed by atoms with Gasteiger partial charge in [0.25, 0.3) is 0 Å². The molecule has 0 aliphatic heterocycles. The van der Waals surface area contributed by atoms with Crippen LogP contribution < -0.4 is 15.8 Å². The van der Waals surface area contributed by atoms with E-state index in [9.17, 15) is 0 Å². The highest BCUT2D eigenvalue weighted by Gasteiger charge is 2.08. The van der Waals surface area contributed by atoms with Gasteiger partial charge >= 0.3 is 0 Å². The van der Waals surface area contributed by atoms with Gasteiger partial charge in [0.1, 0.15) is 5.75 Å². The van der Waals surface area contributed by atoms with Crippen molar-refractivity contribution in [3.63, 3.8) is 0 Å². The number of pyridine rings is 1. The molecule has 0 aliphatic rings. The van der Waals surface area contributed by atoms with Gasteiger partial charge < -0.3 is 15.8 Å². The fourth-order valence-electron chi connectivity index (χ4n) is 2.37. The van der Waals surface area contributed by atoms with Crippen molar-refractivity contribution < 1.29 is 4.74 Å². The minimum atomic E-state index is 0.673. The molecule has 106 valence electrons. The minimum absolute atomic E-state index is 0.673. The molecule has 0 spiro atoms. The number of benzene rings is 2. The second-order valence-corrected chi connectivity index (χ2v) is 4.93. The van der Waals surface area contributed by atoms with Crippen molar-refractivity contribution in [2.24, 2.45) is 0 Å². The lowest BCUT2D eigenvalue weighted by Gasteiger charge is -2.14. The molecule has 21 heavy (non-hydrogen) atoms. The van der Waals surface area contributed by atoms with E-state index in [0.29, 0.717) is 5.69 Å². The van der Waals surface area contributed by atoms with Crippen LogP contribution in [0.15, 0.2) is 48.7 Å². The van der Waals surface area contributed by atoms with Gasteiger partial charge in [-0.3, -0.25) is 4.98 Å². The van der Waals surface area contributed by atoms with Crippen LogP contribution in [0.25, 0.3) is 10.9 Å². The molecule has 3 aromatic rings. The summed E-state index contributed by atoms with van der Waals surface area (Å²) in [5.74, 6) is 0.800. The molecule has 0 fully saturated rings. The van der Waals surface area contributed by atoms with Crippen LogP contribution in [0.1, 0.15) is 5.56 Å². The Morgan fingerprint density at radius 3 is 2.76 bits per heavy atom. The van der Waals surface area contributed by atoms with Crippen LogP contribution in [0.4, 0.5) is 17.1 Å². The minimum Gasteiger partial charge on any atom is -0.495 e. The molecule has 2 aromatic carbocycles. The zero-order chi connectivity index (χ0) is 14.8. The molecule has 0 saturated carbocycles. The first-order valence-electron chi connectivity index (χ1n) is 6.74. The molecular formula is C17H17N3O. The standard InChI is InChI=1S/C17H17N3O/c1-11-6-7-16(21-2)15(10-11)20-14-8-9-19-17-12(14)4-3-5-13(17)18/h3-10H,18H2,1-2H3,(H,19,20). The third kappa shape index (κ3) is 2.48. The summed E-state index contributed by atoms with van der Waals surface area (Å²) in [5, 5.41) is 4.40. The van der Waals surface area contributed by atoms with Gasteiger partial charge in [-0.25, -0.2) is 0 Å². The highest BCUT2D eigenvalue weighted by Crippen LogP contribution is 2.32. The summed E-state index contributed by atoms with van der Waals surface area (Å²) < 4.78 is 5.41. The first kappa shape index (κ1) is 13.2. The molecule has 4 heteroatoms. The van der Waals surface area contributed by atoms with Gasteiger partial charge in [0.2, 0.25) is 0 Å². The molecule has 0 amide bonds. The Balaban J connectivity index is 2.11. The molecular weight excluding hydrogens is 262 g/mol. The summed E-state index contributed by atoms with van der Waals surface area (Å²) in [6.45, 7) is 2.05. The summed E-state index contributed by atoms with van der Waals surface area (Å²) in [7, 11) is 1.67. The van der Waals surface area contributed by atoms with E-state index in [0.717, 1.165) is 33.6 Å². The van der Waals surface area contributed by atoms with Gasteiger partial charge in [0.15, 0.2) is 0 Å². The Morgan fingerprint density at radius 1 is 1.10 bits per heavy atom. The fourth-order valence-corrected chi connectivity index (χ4v) is 2.37. The molecule has 0 atom stereocenters. The quantitative estimate of drug-likeness (QED) is 0.714. The summed E-state index contributed by atoms with van der Waals surface area (Å²) in [6.07, 6.45) is 1.75. The van der Waals surface area contributed by atoms with Crippen molar-refractivity contribution in [3.05, 3.63) is 54.2 Å². The lowest BCUT2D eigenvalue weighted by molar-refractivity contribution is 0.416. The Labute approximate surface area is 123 Å². The third-order valence-corrected chi connectivity index (χ3v) is 3.43. The zero-order valence-corrected chi connectivity index (χ0v) is 12.1. The molecule has 0 unspecified atom stereocenters. The van der Waals surface area contributed by atoms with Gasteiger partial charge in [0.05, 0.1) is 24.0 Å². The molecule has 0 radical (unpaired) electrons. The Morgan fingerprint density at radius 2 is 1.95 bits per heavy atom. The molecule has 1 heterocycles. The van der Waals surface area contributed by atoms with E-state index in [-0.39, 0.29) is 0 Å². The lowest BCUT2D eigenvalue weighted by atomic mass is 10.1. The molecule has 3 rings (SSSR count). The van der Waals surface area contributed by atoms with E-state index in [2.05, 4.69) is 16.4 Å². The second kappa shape index (κ2) is 5.32.